The lowest BCUT2D eigenvalue weighted by Gasteiger charge is -2.36. The van der Waals surface area contributed by atoms with Crippen LogP contribution in [0.15, 0.2) is 0 Å². The first-order chi connectivity index (χ1) is 8.41. The molecule has 1 N–H and O–H groups in total. The summed E-state index contributed by atoms with van der Waals surface area (Å²) in [5.74, 6) is 0.769. The van der Waals surface area contributed by atoms with Crippen LogP contribution < -0.4 is 5.32 Å². The number of carbonyl (C=O) groups excluding carboxylic acids is 1. The SMILES string of the molecule is CC(C)C(=O)N[C@@H](C[C@H]1CCCCN1C)C(C)C. The third-order valence-corrected chi connectivity index (χ3v) is 4.10. The summed E-state index contributed by atoms with van der Waals surface area (Å²) >= 11 is 0. The maximum atomic E-state index is 11.9. The summed E-state index contributed by atoms with van der Waals surface area (Å²) in [5.41, 5.74) is 0. The van der Waals surface area contributed by atoms with E-state index >= 15 is 0 Å². The van der Waals surface area contributed by atoms with E-state index in [1.165, 1.54) is 25.8 Å². The highest BCUT2D eigenvalue weighted by atomic mass is 16.1. The van der Waals surface area contributed by atoms with Gasteiger partial charge in [0.25, 0.3) is 0 Å². The van der Waals surface area contributed by atoms with Crippen LogP contribution in [0.4, 0.5) is 0 Å². The average molecular weight is 254 g/mol. The molecule has 106 valence electrons. The molecule has 1 fully saturated rings. The second-order valence-electron chi connectivity index (χ2n) is 6.38. The van der Waals surface area contributed by atoms with Crippen LogP contribution in [0.1, 0.15) is 53.4 Å². The van der Waals surface area contributed by atoms with Crippen LogP contribution in [0.25, 0.3) is 0 Å². The van der Waals surface area contributed by atoms with E-state index in [9.17, 15) is 4.79 Å². The molecule has 0 unspecified atom stereocenters. The molecule has 0 aliphatic carbocycles. The largest absolute Gasteiger partial charge is 0.353 e. The van der Waals surface area contributed by atoms with E-state index in [1.54, 1.807) is 0 Å². The van der Waals surface area contributed by atoms with Crippen molar-refractivity contribution in [2.75, 3.05) is 13.6 Å². The Morgan fingerprint density at radius 3 is 2.44 bits per heavy atom. The number of likely N-dealkylation sites (tertiary alicyclic amines) is 1. The molecule has 0 aromatic heterocycles. The highest BCUT2D eigenvalue weighted by molar-refractivity contribution is 5.78. The molecule has 0 spiro atoms. The number of piperidine rings is 1. The number of nitrogens with one attached hydrogen (secondary N) is 1. The monoisotopic (exact) mass is 254 g/mol. The molecular formula is C15H30N2O. The second kappa shape index (κ2) is 7.13. The van der Waals surface area contributed by atoms with Crippen LogP contribution in [-0.2, 0) is 4.79 Å². The predicted octanol–water partition coefficient (Wildman–Crippen LogP) is 2.66. The van der Waals surface area contributed by atoms with E-state index in [0.29, 0.717) is 18.0 Å². The molecule has 1 aliphatic heterocycles. The quantitative estimate of drug-likeness (QED) is 0.818. The van der Waals surface area contributed by atoms with Crippen LogP contribution in [0, 0.1) is 11.8 Å². The Hall–Kier alpha value is -0.570. The minimum absolute atomic E-state index is 0.0790. The topological polar surface area (TPSA) is 32.3 Å². The van der Waals surface area contributed by atoms with Gasteiger partial charge in [0.2, 0.25) is 5.91 Å². The van der Waals surface area contributed by atoms with Gasteiger partial charge >= 0.3 is 0 Å². The van der Waals surface area contributed by atoms with Gasteiger partial charge in [-0.3, -0.25) is 4.79 Å². The van der Waals surface area contributed by atoms with Gasteiger partial charge in [-0.15, -0.1) is 0 Å². The highest BCUT2D eigenvalue weighted by Crippen LogP contribution is 2.21. The number of hydrogen-bond acceptors (Lipinski definition) is 2. The smallest absolute Gasteiger partial charge is 0.222 e. The molecule has 3 heteroatoms. The van der Waals surface area contributed by atoms with Crippen molar-refractivity contribution in [3.8, 4) is 0 Å². The zero-order valence-corrected chi connectivity index (χ0v) is 12.7. The van der Waals surface area contributed by atoms with Crippen molar-refractivity contribution in [2.45, 2.75) is 65.5 Å². The minimum Gasteiger partial charge on any atom is -0.353 e. The first-order valence-corrected chi connectivity index (χ1v) is 7.42. The molecule has 1 rings (SSSR count). The number of carbonyl (C=O) groups is 1. The Morgan fingerprint density at radius 1 is 1.28 bits per heavy atom. The Bertz CT molecular complexity index is 263. The third kappa shape index (κ3) is 4.60. The molecule has 18 heavy (non-hydrogen) atoms. The van der Waals surface area contributed by atoms with Gasteiger partial charge in [0.05, 0.1) is 0 Å². The number of rotatable bonds is 5. The van der Waals surface area contributed by atoms with E-state index in [-0.39, 0.29) is 11.8 Å². The van der Waals surface area contributed by atoms with Gasteiger partial charge in [-0.1, -0.05) is 34.1 Å². The normalized spacial score (nSPS) is 23.4. The van der Waals surface area contributed by atoms with Crippen LogP contribution in [0.2, 0.25) is 0 Å². The lowest BCUT2D eigenvalue weighted by atomic mass is 9.91. The van der Waals surface area contributed by atoms with Gasteiger partial charge in [0.15, 0.2) is 0 Å². The predicted molar refractivity (Wildman–Crippen MR) is 76.5 cm³/mol. The summed E-state index contributed by atoms with van der Waals surface area (Å²) in [7, 11) is 2.21. The fourth-order valence-electron chi connectivity index (χ4n) is 2.58. The zero-order chi connectivity index (χ0) is 13.7. The van der Waals surface area contributed by atoms with Gasteiger partial charge in [0.1, 0.15) is 0 Å². The average Bonchev–Trinajstić information content (AvgIpc) is 2.30. The van der Waals surface area contributed by atoms with Crippen LogP contribution >= 0.6 is 0 Å². The Kier molecular flexibility index (Phi) is 6.13. The molecule has 2 atom stereocenters. The molecule has 0 aromatic carbocycles. The van der Waals surface area contributed by atoms with E-state index < -0.39 is 0 Å². The van der Waals surface area contributed by atoms with Crippen molar-refractivity contribution >= 4 is 5.91 Å². The number of hydrogen-bond donors (Lipinski definition) is 1. The molecule has 1 heterocycles. The lowest BCUT2D eigenvalue weighted by Crippen LogP contribution is -2.46. The van der Waals surface area contributed by atoms with Gasteiger partial charge in [-0.05, 0) is 38.8 Å². The molecular weight excluding hydrogens is 224 g/mol. The van der Waals surface area contributed by atoms with Crippen molar-refractivity contribution in [1.29, 1.82) is 0 Å². The van der Waals surface area contributed by atoms with Gasteiger partial charge in [0, 0.05) is 18.0 Å². The molecule has 0 saturated carbocycles. The van der Waals surface area contributed by atoms with Gasteiger partial charge < -0.3 is 10.2 Å². The lowest BCUT2D eigenvalue weighted by molar-refractivity contribution is -0.125. The van der Waals surface area contributed by atoms with Crippen molar-refractivity contribution < 1.29 is 4.79 Å². The van der Waals surface area contributed by atoms with E-state index in [2.05, 4.69) is 31.1 Å². The number of amides is 1. The second-order valence-corrected chi connectivity index (χ2v) is 6.38. The van der Waals surface area contributed by atoms with Crippen LogP contribution in [-0.4, -0.2) is 36.5 Å². The van der Waals surface area contributed by atoms with Gasteiger partial charge in [-0.2, -0.15) is 0 Å². The molecule has 0 aromatic rings. The summed E-state index contributed by atoms with van der Waals surface area (Å²) in [6.45, 7) is 9.52. The van der Waals surface area contributed by atoms with Crippen LogP contribution in [0.3, 0.4) is 0 Å². The Balaban J connectivity index is 2.54. The molecule has 1 amide bonds. The van der Waals surface area contributed by atoms with Gasteiger partial charge in [-0.25, -0.2) is 0 Å². The standard InChI is InChI=1S/C15H30N2O/c1-11(2)14(16-15(18)12(3)4)10-13-8-6-7-9-17(13)5/h11-14H,6-10H2,1-5H3,(H,16,18)/t13-,14+/m1/s1. The van der Waals surface area contributed by atoms with Crippen molar-refractivity contribution in [3.05, 3.63) is 0 Å². The molecule has 0 radical (unpaired) electrons. The fraction of sp³-hybridized carbons (Fsp3) is 0.933. The van der Waals surface area contributed by atoms with Crippen molar-refractivity contribution in [1.82, 2.24) is 10.2 Å². The van der Waals surface area contributed by atoms with E-state index in [4.69, 9.17) is 0 Å². The fourth-order valence-corrected chi connectivity index (χ4v) is 2.58. The van der Waals surface area contributed by atoms with Crippen molar-refractivity contribution in [3.63, 3.8) is 0 Å². The maximum Gasteiger partial charge on any atom is 0.222 e. The minimum atomic E-state index is 0.0790. The third-order valence-electron chi connectivity index (χ3n) is 4.10. The van der Waals surface area contributed by atoms with E-state index in [0.717, 1.165) is 6.42 Å². The molecule has 1 aliphatic rings. The Labute approximate surface area is 112 Å². The van der Waals surface area contributed by atoms with Crippen LogP contribution in [0.5, 0.6) is 0 Å². The molecule has 1 saturated heterocycles. The first-order valence-electron chi connectivity index (χ1n) is 7.42. The molecule has 3 nitrogen and oxygen atoms in total. The molecule has 0 bridgehead atoms. The van der Waals surface area contributed by atoms with Crippen molar-refractivity contribution in [2.24, 2.45) is 11.8 Å². The number of nitrogens with zero attached hydrogens (tertiary/aromatic N) is 1. The summed E-state index contributed by atoms with van der Waals surface area (Å²) in [6.07, 6.45) is 5.01. The zero-order valence-electron chi connectivity index (χ0n) is 12.7. The maximum absolute atomic E-state index is 11.9. The van der Waals surface area contributed by atoms with E-state index in [1.807, 2.05) is 13.8 Å². The highest BCUT2D eigenvalue weighted by Gasteiger charge is 2.25. The summed E-state index contributed by atoms with van der Waals surface area (Å²) < 4.78 is 0. The summed E-state index contributed by atoms with van der Waals surface area (Å²) in [6, 6.07) is 0.948. The summed E-state index contributed by atoms with van der Waals surface area (Å²) in [5, 5.41) is 3.22. The summed E-state index contributed by atoms with van der Waals surface area (Å²) in [4.78, 5) is 14.3. The first kappa shape index (κ1) is 15.5. The Morgan fingerprint density at radius 2 is 1.94 bits per heavy atom.